The Morgan fingerprint density at radius 1 is 0.861 bits per heavy atom. The van der Waals surface area contributed by atoms with Gasteiger partial charge in [0.25, 0.3) is 0 Å². The summed E-state index contributed by atoms with van der Waals surface area (Å²) in [5.41, 5.74) is 5.73. The molecule has 0 fully saturated rings. The Balaban J connectivity index is 1.83. The maximum absolute atomic E-state index is 13.7. The van der Waals surface area contributed by atoms with Gasteiger partial charge >= 0.3 is 0 Å². The molecule has 2 atom stereocenters. The van der Waals surface area contributed by atoms with Crippen molar-refractivity contribution >= 4 is 23.6 Å². The molecular formula is C31H38N2O2S. The third-order valence-corrected chi connectivity index (χ3v) is 7.23. The number of nitrogens with zero attached hydrogens (tertiary/aromatic N) is 1. The standard InChI is InChI=1S/C31H38N2O2S/c1-5-25(4)32-31(35)29(19-26-12-8-6-9-13-26)33(20-27-14-10-7-11-15-27)30(34)22-36-21-28-17-23(2)16-24(3)18-28/h6-18,25,29H,5,19-22H2,1-4H3,(H,32,35)/t25-,29-/m0/s1. The van der Waals surface area contributed by atoms with Gasteiger partial charge in [-0.15, -0.1) is 11.8 Å². The van der Waals surface area contributed by atoms with Crippen LogP contribution in [0.1, 0.15) is 48.1 Å². The molecule has 0 aliphatic heterocycles. The van der Waals surface area contributed by atoms with Crippen molar-refractivity contribution < 1.29 is 9.59 Å². The van der Waals surface area contributed by atoms with E-state index < -0.39 is 6.04 Å². The van der Waals surface area contributed by atoms with Crippen LogP contribution in [-0.4, -0.2) is 34.6 Å². The maximum atomic E-state index is 13.7. The summed E-state index contributed by atoms with van der Waals surface area (Å²) in [6, 6.07) is 25.8. The molecule has 0 aromatic heterocycles. The second kappa shape index (κ2) is 13.9. The molecule has 0 saturated heterocycles. The molecule has 0 heterocycles. The van der Waals surface area contributed by atoms with Gasteiger partial charge in [0.1, 0.15) is 6.04 Å². The van der Waals surface area contributed by atoms with Crippen LogP contribution in [0.2, 0.25) is 0 Å². The third kappa shape index (κ3) is 8.56. The predicted molar refractivity (Wildman–Crippen MR) is 151 cm³/mol. The molecule has 1 N–H and O–H groups in total. The van der Waals surface area contributed by atoms with Gasteiger partial charge < -0.3 is 10.2 Å². The van der Waals surface area contributed by atoms with E-state index in [2.05, 4.69) is 37.4 Å². The number of aryl methyl sites for hydroxylation is 2. The molecule has 2 amide bonds. The van der Waals surface area contributed by atoms with Crippen LogP contribution in [0.25, 0.3) is 0 Å². The van der Waals surface area contributed by atoms with Crippen molar-refractivity contribution in [3.8, 4) is 0 Å². The fraction of sp³-hybridized carbons (Fsp3) is 0.355. The van der Waals surface area contributed by atoms with Gasteiger partial charge in [0.15, 0.2) is 0 Å². The summed E-state index contributed by atoms with van der Waals surface area (Å²) in [5, 5.41) is 3.13. The zero-order chi connectivity index (χ0) is 25.9. The fourth-order valence-corrected chi connectivity index (χ4v) is 5.11. The molecule has 3 rings (SSSR count). The van der Waals surface area contributed by atoms with Crippen molar-refractivity contribution in [2.24, 2.45) is 0 Å². The van der Waals surface area contributed by atoms with Crippen LogP contribution in [-0.2, 0) is 28.3 Å². The van der Waals surface area contributed by atoms with E-state index in [-0.39, 0.29) is 17.9 Å². The summed E-state index contributed by atoms with van der Waals surface area (Å²) in [4.78, 5) is 29.0. The van der Waals surface area contributed by atoms with Gasteiger partial charge in [0, 0.05) is 24.8 Å². The van der Waals surface area contributed by atoms with Crippen molar-refractivity contribution in [3.63, 3.8) is 0 Å². The average molecular weight is 503 g/mol. The predicted octanol–water partition coefficient (Wildman–Crippen LogP) is 6.09. The number of nitrogens with one attached hydrogen (secondary N) is 1. The van der Waals surface area contributed by atoms with Crippen LogP contribution in [0.3, 0.4) is 0 Å². The maximum Gasteiger partial charge on any atom is 0.243 e. The molecule has 0 radical (unpaired) electrons. The molecule has 190 valence electrons. The van der Waals surface area contributed by atoms with Crippen LogP contribution < -0.4 is 5.32 Å². The Morgan fingerprint density at radius 2 is 1.44 bits per heavy atom. The van der Waals surface area contributed by atoms with E-state index in [1.54, 1.807) is 16.7 Å². The fourth-order valence-electron chi connectivity index (χ4n) is 4.27. The number of amides is 2. The van der Waals surface area contributed by atoms with Crippen molar-refractivity contribution in [3.05, 3.63) is 107 Å². The smallest absolute Gasteiger partial charge is 0.243 e. The molecule has 36 heavy (non-hydrogen) atoms. The highest BCUT2D eigenvalue weighted by atomic mass is 32.2. The van der Waals surface area contributed by atoms with Crippen LogP contribution in [0, 0.1) is 13.8 Å². The lowest BCUT2D eigenvalue weighted by Gasteiger charge is -2.32. The number of benzene rings is 3. The van der Waals surface area contributed by atoms with Gasteiger partial charge in [0.05, 0.1) is 5.75 Å². The second-order valence-corrected chi connectivity index (χ2v) is 10.5. The van der Waals surface area contributed by atoms with Crippen LogP contribution in [0.15, 0.2) is 78.9 Å². The van der Waals surface area contributed by atoms with Gasteiger partial charge in [-0.3, -0.25) is 9.59 Å². The van der Waals surface area contributed by atoms with E-state index in [0.717, 1.165) is 23.3 Å². The minimum absolute atomic E-state index is 0.0199. The number of carbonyl (C=O) groups is 2. The lowest BCUT2D eigenvalue weighted by atomic mass is 10.0. The molecule has 3 aromatic rings. The monoisotopic (exact) mass is 502 g/mol. The number of rotatable bonds is 12. The summed E-state index contributed by atoms with van der Waals surface area (Å²) in [6.07, 6.45) is 1.31. The van der Waals surface area contributed by atoms with Gasteiger partial charge in [-0.1, -0.05) is 96.9 Å². The quantitative estimate of drug-likeness (QED) is 0.326. The molecule has 0 aliphatic rings. The Labute approximate surface area is 220 Å². The largest absolute Gasteiger partial charge is 0.352 e. The summed E-state index contributed by atoms with van der Waals surface area (Å²) < 4.78 is 0. The number of hydrogen-bond acceptors (Lipinski definition) is 3. The molecule has 0 bridgehead atoms. The van der Waals surface area contributed by atoms with E-state index in [0.29, 0.717) is 18.7 Å². The summed E-state index contributed by atoms with van der Waals surface area (Å²) in [6.45, 7) is 8.64. The van der Waals surface area contributed by atoms with Gasteiger partial charge in [-0.2, -0.15) is 0 Å². The third-order valence-electron chi connectivity index (χ3n) is 6.24. The van der Waals surface area contributed by atoms with Crippen LogP contribution in [0.5, 0.6) is 0 Å². The lowest BCUT2D eigenvalue weighted by Crippen LogP contribution is -2.52. The number of thioether (sulfide) groups is 1. The van der Waals surface area contributed by atoms with E-state index in [9.17, 15) is 9.59 Å². The normalized spacial score (nSPS) is 12.6. The first kappa shape index (κ1) is 27.5. The Hall–Kier alpha value is -3.05. The summed E-state index contributed by atoms with van der Waals surface area (Å²) >= 11 is 1.60. The molecule has 3 aromatic carbocycles. The first-order valence-corrected chi connectivity index (χ1v) is 13.8. The van der Waals surface area contributed by atoms with E-state index in [1.165, 1.54) is 16.7 Å². The highest BCUT2D eigenvalue weighted by molar-refractivity contribution is 7.99. The van der Waals surface area contributed by atoms with Crippen molar-refractivity contribution in [1.29, 1.82) is 0 Å². The van der Waals surface area contributed by atoms with Gasteiger partial charge in [0.2, 0.25) is 11.8 Å². The van der Waals surface area contributed by atoms with Gasteiger partial charge in [-0.25, -0.2) is 0 Å². The van der Waals surface area contributed by atoms with E-state index in [4.69, 9.17) is 0 Å². The molecule has 0 aliphatic carbocycles. The topological polar surface area (TPSA) is 49.4 Å². The highest BCUT2D eigenvalue weighted by Crippen LogP contribution is 2.20. The van der Waals surface area contributed by atoms with Crippen molar-refractivity contribution in [2.45, 2.75) is 64.9 Å². The minimum Gasteiger partial charge on any atom is -0.352 e. The van der Waals surface area contributed by atoms with E-state index >= 15 is 0 Å². The Morgan fingerprint density at radius 3 is 2.03 bits per heavy atom. The van der Waals surface area contributed by atoms with Gasteiger partial charge in [-0.05, 0) is 43.9 Å². The molecule has 4 nitrogen and oxygen atoms in total. The summed E-state index contributed by atoms with van der Waals surface area (Å²) in [7, 11) is 0. The number of carbonyl (C=O) groups excluding carboxylic acids is 2. The minimum atomic E-state index is -0.587. The molecule has 0 saturated carbocycles. The SMILES string of the molecule is CC[C@H](C)NC(=O)[C@H](Cc1ccccc1)N(Cc1ccccc1)C(=O)CSCc1cc(C)cc(C)c1. The number of hydrogen-bond donors (Lipinski definition) is 1. The molecule has 0 unspecified atom stereocenters. The lowest BCUT2D eigenvalue weighted by molar-refractivity contribution is -0.139. The van der Waals surface area contributed by atoms with Crippen molar-refractivity contribution in [1.82, 2.24) is 10.2 Å². The van der Waals surface area contributed by atoms with Crippen LogP contribution >= 0.6 is 11.8 Å². The first-order valence-electron chi connectivity index (χ1n) is 12.7. The molecule has 5 heteroatoms. The first-order chi connectivity index (χ1) is 17.4. The Kier molecular flexibility index (Phi) is 10.6. The Bertz CT molecular complexity index is 1100. The zero-order valence-corrected chi connectivity index (χ0v) is 22.7. The van der Waals surface area contributed by atoms with Crippen molar-refractivity contribution in [2.75, 3.05) is 5.75 Å². The highest BCUT2D eigenvalue weighted by Gasteiger charge is 2.30. The molecule has 0 spiro atoms. The second-order valence-electron chi connectivity index (χ2n) is 9.52. The average Bonchev–Trinajstić information content (AvgIpc) is 2.86. The van der Waals surface area contributed by atoms with E-state index in [1.807, 2.05) is 74.5 Å². The summed E-state index contributed by atoms with van der Waals surface area (Å²) in [5.74, 6) is 0.961. The molecular weight excluding hydrogens is 464 g/mol. The van der Waals surface area contributed by atoms with Crippen LogP contribution in [0.4, 0.5) is 0 Å². The zero-order valence-electron chi connectivity index (χ0n) is 21.9.